The van der Waals surface area contributed by atoms with Crippen LogP contribution in [-0.4, -0.2) is 29.7 Å². The van der Waals surface area contributed by atoms with E-state index in [1.54, 1.807) is 19.9 Å². The average molecular weight is 336 g/mol. The zero-order valence-corrected chi connectivity index (χ0v) is 13.8. The maximum absolute atomic E-state index is 11.7. The molecule has 21 heavy (non-hydrogen) atoms. The van der Waals surface area contributed by atoms with Gasteiger partial charge in [0.05, 0.1) is 12.9 Å². The van der Waals surface area contributed by atoms with Crippen LogP contribution in [0, 0.1) is 0 Å². The van der Waals surface area contributed by atoms with Gasteiger partial charge >= 0.3 is 0 Å². The highest BCUT2D eigenvalue weighted by Gasteiger charge is 2.20. The zero-order chi connectivity index (χ0) is 16.3. The molecule has 0 fully saturated rings. The Bertz CT molecular complexity index is 698. The van der Waals surface area contributed by atoms with Crippen LogP contribution in [-0.2, 0) is 20.0 Å². The Morgan fingerprint density at radius 3 is 2.38 bits per heavy atom. The van der Waals surface area contributed by atoms with E-state index in [1.807, 2.05) is 0 Å². The molecule has 0 saturated heterocycles. The minimum absolute atomic E-state index is 0.00946. The fraction of sp³-hybridized carbons (Fsp3) is 0.500. The highest BCUT2D eigenvalue weighted by atomic mass is 32.2. The number of nitrogens with two attached hydrogens (primary N) is 1. The van der Waals surface area contributed by atoms with Gasteiger partial charge < -0.3 is 4.74 Å². The second kappa shape index (κ2) is 6.73. The molecule has 3 N–H and O–H groups in total. The van der Waals surface area contributed by atoms with Crippen molar-refractivity contribution in [1.29, 1.82) is 0 Å². The van der Waals surface area contributed by atoms with Crippen molar-refractivity contribution >= 4 is 20.0 Å². The van der Waals surface area contributed by atoms with E-state index >= 15 is 0 Å². The summed E-state index contributed by atoms with van der Waals surface area (Å²) in [6, 6.07) is 3.77. The SMILES string of the molecule is CCCS(=O)(=O)NC(C)c1ccc(OC)c(S(N)(=O)=O)c1. The summed E-state index contributed by atoms with van der Waals surface area (Å²) in [6.45, 7) is 3.39. The number of hydrogen-bond donors (Lipinski definition) is 2. The van der Waals surface area contributed by atoms with E-state index in [0.29, 0.717) is 12.0 Å². The van der Waals surface area contributed by atoms with Gasteiger partial charge in [0.2, 0.25) is 20.0 Å². The number of benzene rings is 1. The highest BCUT2D eigenvalue weighted by Crippen LogP contribution is 2.26. The molecule has 0 aromatic heterocycles. The lowest BCUT2D eigenvalue weighted by molar-refractivity contribution is 0.402. The highest BCUT2D eigenvalue weighted by molar-refractivity contribution is 7.89. The smallest absolute Gasteiger partial charge is 0.241 e. The molecule has 0 amide bonds. The van der Waals surface area contributed by atoms with Crippen LogP contribution in [0.3, 0.4) is 0 Å². The van der Waals surface area contributed by atoms with E-state index < -0.39 is 26.1 Å². The first kappa shape index (κ1) is 17.9. The van der Waals surface area contributed by atoms with Crippen molar-refractivity contribution in [3.05, 3.63) is 23.8 Å². The lowest BCUT2D eigenvalue weighted by Gasteiger charge is -2.16. The molecule has 0 aliphatic heterocycles. The molecule has 0 radical (unpaired) electrons. The number of sulfonamides is 2. The summed E-state index contributed by atoms with van der Waals surface area (Å²) in [6.07, 6.45) is 0.493. The topological polar surface area (TPSA) is 116 Å². The Hall–Kier alpha value is -1.16. The predicted molar refractivity (Wildman–Crippen MR) is 80.0 cm³/mol. The van der Waals surface area contributed by atoms with E-state index in [0.717, 1.165) is 0 Å². The Balaban J connectivity index is 3.15. The fourth-order valence-corrected chi connectivity index (χ4v) is 3.91. The van der Waals surface area contributed by atoms with Crippen molar-refractivity contribution in [3.8, 4) is 5.75 Å². The van der Waals surface area contributed by atoms with Crippen molar-refractivity contribution in [2.75, 3.05) is 12.9 Å². The minimum atomic E-state index is -3.96. The maximum atomic E-state index is 11.7. The molecule has 0 aliphatic carbocycles. The molecule has 0 aliphatic rings. The Labute approximate surface area is 125 Å². The van der Waals surface area contributed by atoms with Crippen LogP contribution >= 0.6 is 0 Å². The van der Waals surface area contributed by atoms with Gasteiger partial charge in [0.15, 0.2) is 0 Å². The van der Waals surface area contributed by atoms with Gasteiger partial charge in [0.25, 0.3) is 0 Å². The molecular weight excluding hydrogens is 316 g/mol. The average Bonchev–Trinajstić information content (AvgIpc) is 2.36. The number of methoxy groups -OCH3 is 1. The first-order valence-corrected chi connectivity index (χ1v) is 9.51. The van der Waals surface area contributed by atoms with Gasteiger partial charge in [0.1, 0.15) is 10.6 Å². The van der Waals surface area contributed by atoms with E-state index in [1.165, 1.54) is 19.2 Å². The first-order chi connectivity index (χ1) is 9.60. The molecule has 7 nitrogen and oxygen atoms in total. The predicted octanol–water partition coefficient (Wildman–Crippen LogP) is 0.733. The Morgan fingerprint density at radius 2 is 1.90 bits per heavy atom. The molecule has 1 unspecified atom stereocenters. The van der Waals surface area contributed by atoms with E-state index in [-0.39, 0.29) is 16.4 Å². The van der Waals surface area contributed by atoms with Gasteiger partial charge in [0, 0.05) is 6.04 Å². The van der Waals surface area contributed by atoms with Crippen LogP contribution in [0.2, 0.25) is 0 Å². The van der Waals surface area contributed by atoms with Gasteiger partial charge in [-0.15, -0.1) is 0 Å². The minimum Gasteiger partial charge on any atom is -0.495 e. The third kappa shape index (κ3) is 4.95. The quantitative estimate of drug-likeness (QED) is 0.761. The summed E-state index contributed by atoms with van der Waals surface area (Å²) in [4.78, 5) is -0.177. The van der Waals surface area contributed by atoms with Crippen molar-refractivity contribution < 1.29 is 21.6 Å². The Morgan fingerprint density at radius 1 is 1.29 bits per heavy atom. The van der Waals surface area contributed by atoms with Crippen LogP contribution < -0.4 is 14.6 Å². The maximum Gasteiger partial charge on any atom is 0.241 e. The second-order valence-electron chi connectivity index (χ2n) is 4.61. The number of ether oxygens (including phenoxy) is 1. The first-order valence-electron chi connectivity index (χ1n) is 6.31. The van der Waals surface area contributed by atoms with Crippen LogP contribution in [0.5, 0.6) is 5.75 Å². The lowest BCUT2D eigenvalue weighted by atomic mass is 10.1. The van der Waals surface area contributed by atoms with Crippen molar-refractivity contribution in [2.24, 2.45) is 5.14 Å². The molecule has 0 spiro atoms. The molecule has 1 rings (SSSR count). The number of rotatable bonds is 7. The second-order valence-corrected chi connectivity index (χ2v) is 8.02. The summed E-state index contributed by atoms with van der Waals surface area (Å²) in [7, 11) is -6.03. The van der Waals surface area contributed by atoms with Gasteiger partial charge in [-0.2, -0.15) is 0 Å². The van der Waals surface area contributed by atoms with Crippen LogP contribution in [0.15, 0.2) is 23.1 Å². The standard InChI is InChI=1S/C12H20N2O5S2/c1-4-7-20(15,16)14-9(2)10-5-6-11(19-3)12(8-10)21(13,17)18/h5-6,8-9,14H,4,7H2,1-3H3,(H2,13,17,18). The summed E-state index contributed by atoms with van der Waals surface area (Å²) in [5, 5.41) is 5.13. The molecule has 1 aromatic carbocycles. The molecule has 9 heteroatoms. The van der Waals surface area contributed by atoms with E-state index in [4.69, 9.17) is 9.88 Å². The number of hydrogen-bond acceptors (Lipinski definition) is 5. The zero-order valence-electron chi connectivity index (χ0n) is 12.2. The van der Waals surface area contributed by atoms with E-state index in [2.05, 4.69) is 4.72 Å². The summed E-state index contributed by atoms with van der Waals surface area (Å²) in [5.74, 6) is 0.125. The third-order valence-electron chi connectivity index (χ3n) is 2.82. The van der Waals surface area contributed by atoms with E-state index in [9.17, 15) is 16.8 Å². The van der Waals surface area contributed by atoms with Gasteiger partial charge in [-0.05, 0) is 31.0 Å². The largest absolute Gasteiger partial charge is 0.495 e. The van der Waals surface area contributed by atoms with Crippen LogP contribution in [0.4, 0.5) is 0 Å². The van der Waals surface area contributed by atoms with Crippen molar-refractivity contribution in [2.45, 2.75) is 31.2 Å². The van der Waals surface area contributed by atoms with Gasteiger partial charge in [-0.25, -0.2) is 26.7 Å². The normalized spacial score (nSPS) is 13.9. The molecular formula is C12H20N2O5S2. The van der Waals surface area contributed by atoms with Crippen molar-refractivity contribution in [1.82, 2.24) is 4.72 Å². The molecule has 0 saturated carbocycles. The lowest BCUT2D eigenvalue weighted by Crippen LogP contribution is -2.29. The van der Waals surface area contributed by atoms with Crippen LogP contribution in [0.1, 0.15) is 31.9 Å². The van der Waals surface area contributed by atoms with Gasteiger partial charge in [-0.1, -0.05) is 13.0 Å². The van der Waals surface area contributed by atoms with Crippen LogP contribution in [0.25, 0.3) is 0 Å². The number of nitrogens with one attached hydrogen (secondary N) is 1. The molecule has 1 aromatic rings. The molecule has 0 heterocycles. The fourth-order valence-electron chi connectivity index (χ4n) is 1.85. The Kier molecular flexibility index (Phi) is 5.74. The summed E-state index contributed by atoms with van der Waals surface area (Å²) >= 11 is 0. The summed E-state index contributed by atoms with van der Waals surface area (Å²) in [5.41, 5.74) is 0.486. The monoisotopic (exact) mass is 336 g/mol. The van der Waals surface area contributed by atoms with Gasteiger partial charge in [-0.3, -0.25) is 0 Å². The number of primary sulfonamides is 1. The summed E-state index contributed by atoms with van der Waals surface area (Å²) < 4.78 is 54.0. The third-order valence-corrected chi connectivity index (χ3v) is 5.41. The molecule has 0 bridgehead atoms. The molecule has 1 atom stereocenters. The molecule has 120 valence electrons. The van der Waals surface area contributed by atoms with Crippen molar-refractivity contribution in [3.63, 3.8) is 0 Å².